The van der Waals surface area contributed by atoms with Crippen molar-refractivity contribution in [3.8, 4) is 11.3 Å². The van der Waals surface area contributed by atoms with Gasteiger partial charge in [0.15, 0.2) is 0 Å². The Kier molecular flexibility index (Phi) is 4.11. The molecule has 2 N–H and O–H groups in total. The van der Waals surface area contributed by atoms with Crippen molar-refractivity contribution in [1.29, 1.82) is 0 Å². The third kappa shape index (κ3) is 4.08. The lowest BCUT2D eigenvalue weighted by Crippen LogP contribution is -2.60. The normalized spacial score (nSPS) is 20.2. The summed E-state index contributed by atoms with van der Waals surface area (Å²) in [6.07, 6.45) is 3.93. The first-order valence-electron chi connectivity index (χ1n) is 8.27. The van der Waals surface area contributed by atoms with Gasteiger partial charge in [-0.05, 0) is 46.6 Å². The molecule has 0 radical (unpaired) electrons. The highest BCUT2D eigenvalue weighted by molar-refractivity contribution is 5.59. The summed E-state index contributed by atoms with van der Waals surface area (Å²) in [5, 5.41) is 7.24. The first-order valence-corrected chi connectivity index (χ1v) is 8.27. The average Bonchev–Trinajstić information content (AvgIpc) is 2.45. The zero-order valence-corrected chi connectivity index (χ0v) is 14.4. The van der Waals surface area contributed by atoms with Crippen LogP contribution in [-0.2, 0) is 0 Å². The van der Waals surface area contributed by atoms with Gasteiger partial charge >= 0.3 is 0 Å². The molecule has 0 saturated carbocycles. The molecule has 23 heavy (non-hydrogen) atoms. The molecule has 122 valence electrons. The number of anilines is 1. The van der Waals surface area contributed by atoms with E-state index >= 15 is 0 Å². The molecule has 4 heteroatoms. The van der Waals surface area contributed by atoms with Crippen LogP contribution >= 0.6 is 0 Å². The highest BCUT2D eigenvalue weighted by Gasteiger charge is 2.37. The predicted octanol–water partition coefficient (Wildman–Crippen LogP) is 3.86. The summed E-state index contributed by atoms with van der Waals surface area (Å²) in [4.78, 5) is 9.10. The average molecular weight is 310 g/mol. The van der Waals surface area contributed by atoms with E-state index in [1.807, 2.05) is 30.5 Å². The van der Waals surface area contributed by atoms with Gasteiger partial charge in [0.2, 0.25) is 5.95 Å². The number of hydrogen-bond acceptors (Lipinski definition) is 4. The number of rotatable bonds is 3. The zero-order chi connectivity index (χ0) is 16.5. The van der Waals surface area contributed by atoms with Gasteiger partial charge in [0.25, 0.3) is 0 Å². The van der Waals surface area contributed by atoms with Gasteiger partial charge in [0.1, 0.15) is 0 Å². The summed E-state index contributed by atoms with van der Waals surface area (Å²) in [5.41, 5.74) is 2.28. The van der Waals surface area contributed by atoms with Gasteiger partial charge in [-0.25, -0.2) is 9.97 Å². The summed E-state index contributed by atoms with van der Waals surface area (Å²) in [6.45, 7) is 9.02. The molecule has 0 aliphatic carbocycles. The van der Waals surface area contributed by atoms with Gasteiger partial charge in [-0.15, -0.1) is 0 Å². The van der Waals surface area contributed by atoms with Crippen LogP contribution in [0.2, 0.25) is 0 Å². The van der Waals surface area contributed by atoms with Gasteiger partial charge in [-0.1, -0.05) is 30.3 Å². The second-order valence-corrected chi connectivity index (χ2v) is 7.77. The molecule has 0 spiro atoms. The Morgan fingerprint density at radius 3 is 2.30 bits per heavy atom. The van der Waals surface area contributed by atoms with Gasteiger partial charge in [-0.3, -0.25) is 0 Å². The van der Waals surface area contributed by atoms with Crippen molar-refractivity contribution in [2.75, 3.05) is 5.32 Å². The number of piperidine rings is 1. The monoisotopic (exact) mass is 310 g/mol. The Hall–Kier alpha value is -1.94. The highest BCUT2D eigenvalue weighted by atomic mass is 15.1. The molecular weight excluding hydrogens is 284 g/mol. The van der Waals surface area contributed by atoms with E-state index < -0.39 is 0 Å². The summed E-state index contributed by atoms with van der Waals surface area (Å²) in [5.74, 6) is 0.713. The van der Waals surface area contributed by atoms with Crippen LogP contribution in [0.3, 0.4) is 0 Å². The minimum atomic E-state index is 0.108. The van der Waals surface area contributed by atoms with E-state index in [1.54, 1.807) is 0 Å². The fraction of sp³-hybridized carbons (Fsp3) is 0.474. The lowest BCUT2D eigenvalue weighted by atomic mass is 9.80. The summed E-state index contributed by atoms with van der Waals surface area (Å²) >= 11 is 0. The van der Waals surface area contributed by atoms with Crippen molar-refractivity contribution >= 4 is 5.95 Å². The fourth-order valence-corrected chi connectivity index (χ4v) is 3.80. The number of hydrogen-bond donors (Lipinski definition) is 2. The van der Waals surface area contributed by atoms with Gasteiger partial charge in [-0.2, -0.15) is 0 Å². The quantitative estimate of drug-likeness (QED) is 0.903. The van der Waals surface area contributed by atoms with E-state index in [9.17, 15) is 0 Å². The standard InChI is InChI=1S/C19H26N4/c1-18(2)12-15(13-19(3,4)23-18)21-17-20-11-10-16(22-17)14-8-6-5-7-9-14/h5-11,15,23H,12-13H2,1-4H3,(H,20,21,22). The Morgan fingerprint density at radius 1 is 1.00 bits per heavy atom. The van der Waals surface area contributed by atoms with E-state index in [1.165, 1.54) is 0 Å². The molecule has 0 bridgehead atoms. The van der Waals surface area contributed by atoms with E-state index in [0.717, 1.165) is 24.1 Å². The first kappa shape index (κ1) is 15.9. The zero-order valence-electron chi connectivity index (χ0n) is 14.4. The molecule has 1 aromatic heterocycles. The van der Waals surface area contributed by atoms with Gasteiger partial charge in [0, 0.05) is 28.9 Å². The van der Waals surface area contributed by atoms with Crippen LogP contribution in [0.25, 0.3) is 11.3 Å². The Bertz CT molecular complexity index is 648. The number of nitrogens with zero attached hydrogens (tertiary/aromatic N) is 2. The molecule has 1 aromatic carbocycles. The number of aromatic nitrogens is 2. The highest BCUT2D eigenvalue weighted by Crippen LogP contribution is 2.30. The molecule has 3 rings (SSSR count). The first-order chi connectivity index (χ1) is 10.8. The second-order valence-electron chi connectivity index (χ2n) is 7.77. The second kappa shape index (κ2) is 5.93. The maximum absolute atomic E-state index is 4.69. The molecule has 2 aromatic rings. The van der Waals surface area contributed by atoms with Crippen LogP contribution in [0.1, 0.15) is 40.5 Å². The third-order valence-corrected chi connectivity index (χ3v) is 4.25. The predicted molar refractivity (Wildman–Crippen MR) is 95.4 cm³/mol. The van der Waals surface area contributed by atoms with Crippen molar-refractivity contribution < 1.29 is 0 Å². The van der Waals surface area contributed by atoms with E-state index in [0.29, 0.717) is 12.0 Å². The van der Waals surface area contributed by atoms with Crippen molar-refractivity contribution in [1.82, 2.24) is 15.3 Å². The van der Waals surface area contributed by atoms with Gasteiger partial charge < -0.3 is 10.6 Å². The largest absolute Gasteiger partial charge is 0.351 e. The minimum Gasteiger partial charge on any atom is -0.351 e. The lowest BCUT2D eigenvalue weighted by molar-refractivity contribution is 0.170. The summed E-state index contributed by atoms with van der Waals surface area (Å²) in [7, 11) is 0. The number of benzene rings is 1. The lowest BCUT2D eigenvalue weighted by Gasteiger charge is -2.46. The van der Waals surface area contributed by atoms with Crippen LogP contribution in [0.5, 0.6) is 0 Å². The van der Waals surface area contributed by atoms with Crippen molar-refractivity contribution in [2.24, 2.45) is 0 Å². The summed E-state index contributed by atoms with van der Waals surface area (Å²) < 4.78 is 0. The van der Waals surface area contributed by atoms with Crippen molar-refractivity contribution in [3.05, 3.63) is 42.6 Å². The number of nitrogens with one attached hydrogen (secondary N) is 2. The molecule has 1 saturated heterocycles. The smallest absolute Gasteiger partial charge is 0.223 e. The van der Waals surface area contributed by atoms with Crippen LogP contribution in [0, 0.1) is 0 Å². The maximum atomic E-state index is 4.69. The Labute approximate surface area is 138 Å². The molecule has 2 heterocycles. The van der Waals surface area contributed by atoms with Crippen molar-refractivity contribution in [2.45, 2.75) is 57.7 Å². The molecule has 0 unspecified atom stereocenters. The topological polar surface area (TPSA) is 49.8 Å². The molecule has 1 aliphatic heterocycles. The molecule has 1 aliphatic rings. The molecule has 1 fully saturated rings. The maximum Gasteiger partial charge on any atom is 0.223 e. The van der Waals surface area contributed by atoms with E-state index in [4.69, 9.17) is 0 Å². The molecular formula is C19H26N4. The molecule has 0 atom stereocenters. The van der Waals surface area contributed by atoms with E-state index in [-0.39, 0.29) is 11.1 Å². The van der Waals surface area contributed by atoms with Crippen molar-refractivity contribution in [3.63, 3.8) is 0 Å². The van der Waals surface area contributed by atoms with Crippen LogP contribution < -0.4 is 10.6 Å². The summed E-state index contributed by atoms with van der Waals surface area (Å²) in [6, 6.07) is 12.5. The van der Waals surface area contributed by atoms with Crippen LogP contribution in [0.4, 0.5) is 5.95 Å². The van der Waals surface area contributed by atoms with Crippen LogP contribution in [-0.4, -0.2) is 27.1 Å². The minimum absolute atomic E-state index is 0.108. The van der Waals surface area contributed by atoms with Gasteiger partial charge in [0.05, 0.1) is 5.69 Å². The SMILES string of the molecule is CC1(C)CC(Nc2nccc(-c3ccccc3)n2)CC(C)(C)N1. The molecule has 4 nitrogen and oxygen atoms in total. The van der Waals surface area contributed by atoms with E-state index in [2.05, 4.69) is 60.4 Å². The van der Waals surface area contributed by atoms with Crippen LogP contribution in [0.15, 0.2) is 42.6 Å². The molecule has 0 amide bonds. The fourth-order valence-electron chi connectivity index (χ4n) is 3.80. The Balaban J connectivity index is 1.78. The third-order valence-electron chi connectivity index (χ3n) is 4.25. The Morgan fingerprint density at radius 2 is 1.65 bits per heavy atom.